The summed E-state index contributed by atoms with van der Waals surface area (Å²) in [6.07, 6.45) is 7.88. The Morgan fingerprint density at radius 1 is 1.04 bits per heavy atom. The lowest BCUT2D eigenvalue weighted by Crippen LogP contribution is -2.32. The average molecular weight is 359 g/mol. The van der Waals surface area contributed by atoms with Gasteiger partial charge in [0.2, 0.25) is 0 Å². The molecule has 1 atom stereocenters. The van der Waals surface area contributed by atoms with Crippen molar-refractivity contribution in [3.05, 3.63) is 29.8 Å². The standard InChI is InChI=1S/C20H29N3O3/c24-19(23-13-3-1-2-4-14-23)16-7-9-17(10-8-16)22-20(25)21-12-11-18-6-5-15-26-18/h7-10,18H,1-6,11-15H2,(H2,21,22,25)/t18-/m1/s1. The molecule has 0 unspecified atom stereocenters. The van der Waals surface area contributed by atoms with Crippen molar-refractivity contribution in [1.82, 2.24) is 10.2 Å². The Kier molecular flexibility index (Phi) is 6.89. The van der Waals surface area contributed by atoms with Gasteiger partial charge in [-0.3, -0.25) is 4.79 Å². The van der Waals surface area contributed by atoms with E-state index in [-0.39, 0.29) is 18.0 Å². The predicted molar refractivity (Wildman–Crippen MR) is 101 cm³/mol. The lowest BCUT2D eigenvalue weighted by molar-refractivity contribution is 0.0761. The number of anilines is 1. The van der Waals surface area contributed by atoms with Crippen LogP contribution >= 0.6 is 0 Å². The molecule has 6 nitrogen and oxygen atoms in total. The Balaban J connectivity index is 1.44. The van der Waals surface area contributed by atoms with Crippen LogP contribution in [0, 0.1) is 0 Å². The topological polar surface area (TPSA) is 70.7 Å². The third-order valence-corrected chi connectivity index (χ3v) is 5.06. The molecule has 2 fully saturated rings. The third kappa shape index (κ3) is 5.46. The van der Waals surface area contributed by atoms with Crippen molar-refractivity contribution in [3.63, 3.8) is 0 Å². The zero-order valence-corrected chi connectivity index (χ0v) is 15.3. The lowest BCUT2D eigenvalue weighted by atomic mass is 10.1. The molecule has 0 radical (unpaired) electrons. The minimum Gasteiger partial charge on any atom is -0.378 e. The number of likely N-dealkylation sites (tertiary alicyclic amines) is 1. The highest BCUT2D eigenvalue weighted by Crippen LogP contribution is 2.16. The fraction of sp³-hybridized carbons (Fsp3) is 0.600. The number of hydrogen-bond acceptors (Lipinski definition) is 3. The van der Waals surface area contributed by atoms with Crippen LogP contribution in [0.4, 0.5) is 10.5 Å². The second-order valence-corrected chi connectivity index (χ2v) is 7.09. The number of rotatable bonds is 5. The molecule has 1 aromatic rings. The van der Waals surface area contributed by atoms with Crippen LogP contribution in [0.1, 0.15) is 55.3 Å². The summed E-state index contributed by atoms with van der Waals surface area (Å²) >= 11 is 0. The van der Waals surface area contributed by atoms with Crippen molar-refractivity contribution in [2.75, 3.05) is 31.6 Å². The number of benzene rings is 1. The van der Waals surface area contributed by atoms with Gasteiger partial charge in [0.15, 0.2) is 0 Å². The first-order chi connectivity index (χ1) is 12.7. The van der Waals surface area contributed by atoms with Crippen LogP contribution in [0.25, 0.3) is 0 Å². The molecule has 6 heteroatoms. The van der Waals surface area contributed by atoms with E-state index in [0.29, 0.717) is 17.8 Å². The van der Waals surface area contributed by atoms with Gasteiger partial charge in [0.1, 0.15) is 0 Å². The van der Waals surface area contributed by atoms with Crippen LogP contribution in [-0.4, -0.2) is 49.2 Å². The summed E-state index contributed by atoms with van der Waals surface area (Å²) in [5.41, 5.74) is 1.36. The maximum absolute atomic E-state index is 12.6. The smallest absolute Gasteiger partial charge is 0.319 e. The molecule has 2 N–H and O–H groups in total. The molecule has 0 saturated carbocycles. The van der Waals surface area contributed by atoms with Crippen LogP contribution in [0.5, 0.6) is 0 Å². The van der Waals surface area contributed by atoms with Crippen molar-refractivity contribution in [3.8, 4) is 0 Å². The number of ether oxygens (including phenoxy) is 1. The molecule has 2 heterocycles. The Hall–Kier alpha value is -2.08. The van der Waals surface area contributed by atoms with Crippen LogP contribution in [-0.2, 0) is 4.74 Å². The molecule has 0 bridgehead atoms. The van der Waals surface area contributed by atoms with Crippen molar-refractivity contribution < 1.29 is 14.3 Å². The average Bonchev–Trinajstić information content (AvgIpc) is 3.02. The van der Waals surface area contributed by atoms with Gasteiger partial charge in [0.25, 0.3) is 5.91 Å². The summed E-state index contributed by atoms with van der Waals surface area (Å²) in [5.74, 6) is 0.0828. The summed E-state index contributed by atoms with van der Waals surface area (Å²) < 4.78 is 5.54. The highest BCUT2D eigenvalue weighted by molar-refractivity contribution is 5.95. The molecule has 0 aromatic heterocycles. The summed E-state index contributed by atoms with van der Waals surface area (Å²) in [7, 11) is 0. The first kappa shape index (κ1) is 18.7. The number of nitrogens with one attached hydrogen (secondary N) is 2. The molecule has 0 aliphatic carbocycles. The minimum absolute atomic E-state index is 0.0828. The minimum atomic E-state index is -0.227. The fourth-order valence-corrected chi connectivity index (χ4v) is 3.55. The molecule has 3 amide bonds. The normalized spacial score (nSPS) is 20.5. The maximum Gasteiger partial charge on any atom is 0.319 e. The Morgan fingerprint density at radius 2 is 1.77 bits per heavy atom. The molecular formula is C20H29N3O3. The molecule has 2 aliphatic heterocycles. The third-order valence-electron chi connectivity index (χ3n) is 5.06. The Labute approximate surface area is 155 Å². The van der Waals surface area contributed by atoms with Gasteiger partial charge in [-0.15, -0.1) is 0 Å². The second kappa shape index (κ2) is 9.57. The highest BCUT2D eigenvalue weighted by Gasteiger charge is 2.17. The summed E-state index contributed by atoms with van der Waals surface area (Å²) in [6, 6.07) is 6.91. The Morgan fingerprint density at radius 3 is 2.42 bits per heavy atom. The van der Waals surface area contributed by atoms with Crippen LogP contribution in [0.15, 0.2) is 24.3 Å². The summed E-state index contributed by atoms with van der Waals surface area (Å²) in [4.78, 5) is 26.5. The van der Waals surface area contributed by atoms with Gasteiger partial charge >= 0.3 is 6.03 Å². The molecule has 3 rings (SSSR count). The van der Waals surface area contributed by atoms with Crippen molar-refractivity contribution in [1.29, 1.82) is 0 Å². The van der Waals surface area contributed by atoms with Gasteiger partial charge in [-0.25, -0.2) is 4.79 Å². The molecule has 2 saturated heterocycles. The number of amides is 3. The van der Waals surface area contributed by atoms with Gasteiger partial charge in [0.05, 0.1) is 6.10 Å². The van der Waals surface area contributed by atoms with Gasteiger partial charge < -0.3 is 20.3 Å². The van der Waals surface area contributed by atoms with Crippen molar-refractivity contribution in [2.24, 2.45) is 0 Å². The molecular weight excluding hydrogens is 330 g/mol. The molecule has 26 heavy (non-hydrogen) atoms. The summed E-state index contributed by atoms with van der Waals surface area (Å²) in [6.45, 7) is 3.11. The van der Waals surface area contributed by atoms with Crippen molar-refractivity contribution in [2.45, 2.75) is 51.0 Å². The van der Waals surface area contributed by atoms with Gasteiger partial charge in [-0.1, -0.05) is 12.8 Å². The van der Waals surface area contributed by atoms with Gasteiger partial charge in [-0.2, -0.15) is 0 Å². The lowest BCUT2D eigenvalue weighted by Gasteiger charge is -2.20. The number of carbonyl (C=O) groups is 2. The Bertz CT molecular complexity index is 589. The second-order valence-electron chi connectivity index (χ2n) is 7.09. The molecule has 1 aromatic carbocycles. The first-order valence-corrected chi connectivity index (χ1v) is 9.78. The van der Waals surface area contributed by atoms with E-state index in [1.54, 1.807) is 24.3 Å². The van der Waals surface area contributed by atoms with Gasteiger partial charge in [0, 0.05) is 37.5 Å². The molecule has 2 aliphatic rings. The summed E-state index contributed by atoms with van der Waals surface area (Å²) in [5, 5.41) is 5.66. The van der Waals surface area contributed by atoms with Crippen LogP contribution < -0.4 is 10.6 Å². The number of nitrogens with zero attached hydrogens (tertiary/aromatic N) is 1. The fourth-order valence-electron chi connectivity index (χ4n) is 3.55. The van der Waals surface area contributed by atoms with Crippen LogP contribution in [0.3, 0.4) is 0 Å². The predicted octanol–water partition coefficient (Wildman–Crippen LogP) is 3.39. The van der Waals surface area contributed by atoms with E-state index >= 15 is 0 Å². The zero-order chi connectivity index (χ0) is 18.2. The van der Waals surface area contributed by atoms with E-state index in [1.165, 1.54) is 12.8 Å². The first-order valence-electron chi connectivity index (χ1n) is 9.78. The van der Waals surface area contributed by atoms with E-state index in [4.69, 9.17) is 4.74 Å². The monoisotopic (exact) mass is 359 g/mol. The van der Waals surface area contributed by atoms with Crippen LogP contribution in [0.2, 0.25) is 0 Å². The maximum atomic E-state index is 12.6. The van der Waals surface area contributed by atoms with E-state index in [0.717, 1.165) is 51.8 Å². The number of hydrogen-bond donors (Lipinski definition) is 2. The SMILES string of the molecule is O=C(NCC[C@H]1CCCO1)Nc1ccc(C(=O)N2CCCCCC2)cc1. The van der Waals surface area contributed by atoms with E-state index in [9.17, 15) is 9.59 Å². The van der Waals surface area contributed by atoms with E-state index < -0.39 is 0 Å². The quantitative estimate of drug-likeness (QED) is 0.846. The van der Waals surface area contributed by atoms with E-state index in [1.807, 2.05) is 4.90 Å². The molecule has 142 valence electrons. The highest BCUT2D eigenvalue weighted by atomic mass is 16.5. The van der Waals surface area contributed by atoms with Gasteiger partial charge in [-0.05, 0) is 56.4 Å². The van der Waals surface area contributed by atoms with Crippen molar-refractivity contribution >= 4 is 17.6 Å². The van der Waals surface area contributed by atoms with E-state index in [2.05, 4.69) is 10.6 Å². The molecule has 0 spiro atoms. The zero-order valence-electron chi connectivity index (χ0n) is 15.3. The number of carbonyl (C=O) groups excluding carboxylic acids is 2. The number of urea groups is 1. The largest absolute Gasteiger partial charge is 0.378 e.